The minimum absolute atomic E-state index is 0.633. The molecular formula is C15H23N. The normalized spacial score (nSPS) is 19.4. The summed E-state index contributed by atoms with van der Waals surface area (Å²) in [4.78, 5) is 0. The Kier molecular flexibility index (Phi) is 3.65. The van der Waals surface area contributed by atoms with Crippen molar-refractivity contribution in [2.24, 2.45) is 11.8 Å². The number of benzene rings is 1. The molecule has 0 spiro atoms. The van der Waals surface area contributed by atoms with Gasteiger partial charge in [0.1, 0.15) is 0 Å². The van der Waals surface area contributed by atoms with Gasteiger partial charge in [0.15, 0.2) is 0 Å². The topological polar surface area (TPSA) is 12.0 Å². The first kappa shape index (κ1) is 11.7. The molecule has 0 aromatic heterocycles. The van der Waals surface area contributed by atoms with Crippen LogP contribution in [-0.2, 0) is 6.42 Å². The molecule has 1 heteroatoms. The lowest BCUT2D eigenvalue weighted by atomic mass is 9.90. The molecule has 1 aromatic carbocycles. The minimum atomic E-state index is 0.633. The fraction of sp³-hybridized carbons (Fsp3) is 0.600. The predicted octanol–water partition coefficient (Wildman–Crippen LogP) is 3.17. The highest BCUT2D eigenvalue weighted by Crippen LogP contribution is 2.38. The monoisotopic (exact) mass is 217 g/mol. The zero-order valence-corrected chi connectivity index (χ0v) is 10.7. The maximum absolute atomic E-state index is 3.50. The summed E-state index contributed by atoms with van der Waals surface area (Å²) in [7, 11) is 2.10. The van der Waals surface area contributed by atoms with E-state index in [1.165, 1.54) is 30.4 Å². The first-order chi connectivity index (χ1) is 7.72. The number of likely N-dealkylation sites (N-methyl/N-ethyl adjacent to an activating group) is 1. The molecule has 2 atom stereocenters. The first-order valence-electron chi connectivity index (χ1n) is 6.44. The molecular weight excluding hydrogens is 194 g/mol. The quantitative estimate of drug-likeness (QED) is 0.799. The molecule has 1 aromatic rings. The van der Waals surface area contributed by atoms with Crippen LogP contribution in [-0.4, -0.2) is 13.1 Å². The molecule has 1 N–H and O–H groups in total. The molecule has 0 amide bonds. The molecule has 88 valence electrons. The van der Waals surface area contributed by atoms with Crippen LogP contribution in [0.25, 0.3) is 0 Å². The van der Waals surface area contributed by atoms with Gasteiger partial charge in [-0.05, 0) is 56.2 Å². The van der Waals surface area contributed by atoms with Crippen molar-refractivity contribution in [3.8, 4) is 0 Å². The molecule has 0 heterocycles. The van der Waals surface area contributed by atoms with E-state index in [-0.39, 0.29) is 0 Å². The van der Waals surface area contributed by atoms with E-state index in [4.69, 9.17) is 0 Å². The lowest BCUT2D eigenvalue weighted by molar-refractivity contribution is 0.357. The van der Waals surface area contributed by atoms with Gasteiger partial charge in [-0.15, -0.1) is 0 Å². The van der Waals surface area contributed by atoms with Crippen molar-refractivity contribution in [1.82, 2.24) is 5.32 Å². The Morgan fingerprint density at radius 1 is 1.31 bits per heavy atom. The van der Waals surface area contributed by atoms with Crippen LogP contribution in [0.5, 0.6) is 0 Å². The van der Waals surface area contributed by atoms with Crippen molar-refractivity contribution in [1.29, 1.82) is 0 Å². The van der Waals surface area contributed by atoms with E-state index in [1.54, 1.807) is 0 Å². The summed E-state index contributed by atoms with van der Waals surface area (Å²) in [6.07, 6.45) is 4.04. The van der Waals surface area contributed by atoms with Crippen LogP contribution in [0.2, 0.25) is 0 Å². The van der Waals surface area contributed by atoms with E-state index >= 15 is 0 Å². The Balaban J connectivity index is 2.03. The zero-order chi connectivity index (χ0) is 11.5. The van der Waals surface area contributed by atoms with E-state index in [2.05, 4.69) is 50.5 Å². The first-order valence-corrected chi connectivity index (χ1v) is 6.44. The minimum Gasteiger partial charge on any atom is -0.316 e. The second kappa shape index (κ2) is 5.01. The predicted molar refractivity (Wildman–Crippen MR) is 69.6 cm³/mol. The second-order valence-corrected chi connectivity index (χ2v) is 5.22. The van der Waals surface area contributed by atoms with E-state index < -0.39 is 0 Å². The fourth-order valence-electron chi connectivity index (χ4n) is 2.58. The van der Waals surface area contributed by atoms with Gasteiger partial charge in [0, 0.05) is 6.04 Å². The Labute approximate surface area is 99.3 Å². The molecule has 0 aliphatic heterocycles. The largest absolute Gasteiger partial charge is 0.316 e. The van der Waals surface area contributed by atoms with Crippen molar-refractivity contribution in [2.75, 3.05) is 7.05 Å². The highest BCUT2D eigenvalue weighted by molar-refractivity contribution is 5.26. The Bertz CT molecular complexity index is 341. The van der Waals surface area contributed by atoms with E-state index in [0.29, 0.717) is 6.04 Å². The molecule has 1 saturated carbocycles. The average Bonchev–Trinajstić information content (AvgIpc) is 3.11. The summed E-state index contributed by atoms with van der Waals surface area (Å²) in [5, 5.41) is 3.50. The highest BCUT2D eigenvalue weighted by Gasteiger charge is 2.32. The summed E-state index contributed by atoms with van der Waals surface area (Å²) in [5.74, 6) is 1.78. The van der Waals surface area contributed by atoms with Gasteiger partial charge in [-0.2, -0.15) is 0 Å². The van der Waals surface area contributed by atoms with Gasteiger partial charge in [0.25, 0.3) is 0 Å². The van der Waals surface area contributed by atoms with E-state index in [1.807, 2.05) is 0 Å². The maximum atomic E-state index is 3.50. The van der Waals surface area contributed by atoms with Crippen LogP contribution in [0.1, 0.15) is 30.9 Å². The van der Waals surface area contributed by atoms with Gasteiger partial charge in [-0.1, -0.05) is 31.2 Å². The molecule has 1 nitrogen and oxygen atoms in total. The van der Waals surface area contributed by atoms with Gasteiger partial charge in [0.2, 0.25) is 0 Å². The summed E-state index contributed by atoms with van der Waals surface area (Å²) >= 11 is 0. The molecule has 0 bridgehead atoms. The Morgan fingerprint density at radius 2 is 2.00 bits per heavy atom. The maximum Gasteiger partial charge on any atom is 0.0133 e. The smallest absolute Gasteiger partial charge is 0.0133 e. The third-order valence-electron chi connectivity index (χ3n) is 4.07. The molecule has 1 aliphatic rings. The van der Waals surface area contributed by atoms with E-state index in [0.717, 1.165) is 11.8 Å². The van der Waals surface area contributed by atoms with Crippen molar-refractivity contribution in [3.63, 3.8) is 0 Å². The molecule has 16 heavy (non-hydrogen) atoms. The van der Waals surface area contributed by atoms with Crippen LogP contribution < -0.4 is 5.32 Å². The number of aryl methyl sites for hydroxylation is 1. The van der Waals surface area contributed by atoms with Gasteiger partial charge in [-0.3, -0.25) is 0 Å². The number of rotatable bonds is 5. The summed E-state index contributed by atoms with van der Waals surface area (Å²) < 4.78 is 0. The number of nitrogens with one attached hydrogen (secondary N) is 1. The fourth-order valence-corrected chi connectivity index (χ4v) is 2.58. The van der Waals surface area contributed by atoms with Crippen LogP contribution in [0.15, 0.2) is 24.3 Å². The number of hydrogen-bond acceptors (Lipinski definition) is 1. The highest BCUT2D eigenvalue weighted by atomic mass is 14.9. The molecule has 2 rings (SSSR count). The third-order valence-corrected chi connectivity index (χ3v) is 4.07. The van der Waals surface area contributed by atoms with Crippen LogP contribution in [0.3, 0.4) is 0 Å². The van der Waals surface area contributed by atoms with Crippen LogP contribution >= 0.6 is 0 Å². The summed E-state index contributed by atoms with van der Waals surface area (Å²) in [6, 6.07) is 9.38. The van der Waals surface area contributed by atoms with Gasteiger partial charge >= 0.3 is 0 Å². The summed E-state index contributed by atoms with van der Waals surface area (Å²) in [5.41, 5.74) is 2.92. The molecule has 0 saturated heterocycles. The molecule has 0 radical (unpaired) electrons. The Hall–Kier alpha value is -0.820. The van der Waals surface area contributed by atoms with Crippen molar-refractivity contribution < 1.29 is 0 Å². The van der Waals surface area contributed by atoms with Crippen molar-refractivity contribution in [2.45, 2.75) is 39.2 Å². The lowest BCUT2D eigenvalue weighted by Crippen LogP contribution is -2.35. The van der Waals surface area contributed by atoms with Crippen molar-refractivity contribution >= 4 is 0 Å². The SMILES string of the molecule is CNC(Cc1ccccc1C)C(C)C1CC1. The van der Waals surface area contributed by atoms with Gasteiger partial charge in [0.05, 0.1) is 0 Å². The van der Waals surface area contributed by atoms with Crippen molar-refractivity contribution in [3.05, 3.63) is 35.4 Å². The second-order valence-electron chi connectivity index (χ2n) is 5.22. The summed E-state index contributed by atoms with van der Waals surface area (Å²) in [6.45, 7) is 4.61. The van der Waals surface area contributed by atoms with Gasteiger partial charge < -0.3 is 5.32 Å². The van der Waals surface area contributed by atoms with Gasteiger partial charge in [-0.25, -0.2) is 0 Å². The molecule has 1 fully saturated rings. The third kappa shape index (κ3) is 2.65. The van der Waals surface area contributed by atoms with Crippen LogP contribution in [0, 0.1) is 18.8 Å². The van der Waals surface area contributed by atoms with E-state index in [9.17, 15) is 0 Å². The zero-order valence-electron chi connectivity index (χ0n) is 10.7. The Morgan fingerprint density at radius 3 is 2.56 bits per heavy atom. The molecule has 2 unspecified atom stereocenters. The lowest BCUT2D eigenvalue weighted by Gasteiger charge is -2.24. The van der Waals surface area contributed by atoms with Crippen LogP contribution in [0.4, 0.5) is 0 Å². The standard InChI is InChI=1S/C15H23N/c1-11-6-4-5-7-14(11)10-15(16-3)12(2)13-8-9-13/h4-7,12-13,15-16H,8-10H2,1-3H3. The number of hydrogen-bond donors (Lipinski definition) is 1. The average molecular weight is 217 g/mol. The molecule has 1 aliphatic carbocycles.